The Morgan fingerprint density at radius 2 is 1.46 bits per heavy atom. The van der Waals surface area contributed by atoms with Gasteiger partial charge in [0, 0.05) is 19.9 Å². The zero-order valence-corrected chi connectivity index (χ0v) is 15.3. The van der Waals surface area contributed by atoms with Crippen molar-refractivity contribution >= 4 is 10.8 Å². The van der Waals surface area contributed by atoms with E-state index in [2.05, 4.69) is 59.3 Å². The number of aryl methyl sites for hydroxylation is 1. The van der Waals surface area contributed by atoms with Gasteiger partial charge in [-0.05, 0) is 41.8 Å². The molecule has 0 amide bonds. The Morgan fingerprint density at radius 3 is 2.21 bits per heavy atom. The topological polar surface area (TPSA) is 36.1 Å². The molecule has 0 fully saturated rings. The van der Waals surface area contributed by atoms with Crippen molar-refractivity contribution in [3.8, 4) is 0 Å². The Labute approximate surface area is 147 Å². The smallest absolute Gasteiger partial charge is 0.0467 e. The van der Waals surface area contributed by atoms with Crippen LogP contribution in [0.3, 0.4) is 0 Å². The van der Waals surface area contributed by atoms with Gasteiger partial charge in [-0.2, -0.15) is 0 Å². The fourth-order valence-electron chi connectivity index (χ4n) is 3.19. The van der Waals surface area contributed by atoms with Crippen molar-refractivity contribution in [1.82, 2.24) is 16.0 Å². The molecule has 132 valence electrons. The van der Waals surface area contributed by atoms with Crippen LogP contribution in [0.5, 0.6) is 0 Å². The molecule has 3 heteroatoms. The standard InChI is InChI=1S/C21H33N3/c1-3-4-5-6-7-10-18-13-14-19(15-23-17-24-16-22-2)21-12-9-8-11-20(18)21/h8-9,11-14,22-24H,3-7,10,15-17H2,1-2H3. The van der Waals surface area contributed by atoms with Gasteiger partial charge < -0.3 is 10.6 Å². The van der Waals surface area contributed by atoms with Crippen LogP contribution in [-0.4, -0.2) is 20.4 Å². The molecule has 3 nitrogen and oxygen atoms in total. The van der Waals surface area contributed by atoms with E-state index in [-0.39, 0.29) is 0 Å². The normalized spacial score (nSPS) is 11.2. The van der Waals surface area contributed by atoms with Crippen LogP contribution in [0, 0.1) is 0 Å². The molecule has 0 aliphatic heterocycles. The van der Waals surface area contributed by atoms with E-state index in [9.17, 15) is 0 Å². The molecule has 0 radical (unpaired) electrons. The molecule has 0 aromatic heterocycles. The summed E-state index contributed by atoms with van der Waals surface area (Å²) < 4.78 is 0. The summed E-state index contributed by atoms with van der Waals surface area (Å²) in [6.07, 6.45) is 7.90. The van der Waals surface area contributed by atoms with E-state index in [1.807, 2.05) is 7.05 Å². The lowest BCUT2D eigenvalue weighted by molar-refractivity contribution is 0.558. The molecule has 0 aliphatic carbocycles. The molecule has 0 bridgehead atoms. The van der Waals surface area contributed by atoms with Gasteiger partial charge in [0.15, 0.2) is 0 Å². The van der Waals surface area contributed by atoms with Crippen molar-refractivity contribution in [2.45, 2.75) is 52.0 Å². The lowest BCUT2D eigenvalue weighted by Gasteiger charge is -2.13. The lowest BCUT2D eigenvalue weighted by atomic mass is 9.96. The minimum atomic E-state index is 0.814. The highest BCUT2D eigenvalue weighted by atomic mass is 15.1. The van der Waals surface area contributed by atoms with Crippen molar-refractivity contribution in [3.05, 3.63) is 47.5 Å². The zero-order chi connectivity index (χ0) is 17.0. The first-order valence-corrected chi connectivity index (χ1v) is 9.42. The van der Waals surface area contributed by atoms with Gasteiger partial charge in [-0.15, -0.1) is 0 Å². The van der Waals surface area contributed by atoms with Crippen molar-refractivity contribution in [2.75, 3.05) is 20.4 Å². The van der Waals surface area contributed by atoms with Crippen LogP contribution < -0.4 is 16.0 Å². The highest BCUT2D eigenvalue weighted by Crippen LogP contribution is 2.24. The van der Waals surface area contributed by atoms with Crippen LogP contribution in [0.25, 0.3) is 10.8 Å². The Hall–Kier alpha value is -1.42. The van der Waals surface area contributed by atoms with E-state index >= 15 is 0 Å². The fraction of sp³-hybridized carbons (Fsp3) is 0.524. The molecule has 0 saturated heterocycles. The Bertz CT molecular complexity index is 542. The molecule has 0 atom stereocenters. The van der Waals surface area contributed by atoms with Crippen molar-refractivity contribution in [2.24, 2.45) is 0 Å². The number of nitrogens with one attached hydrogen (secondary N) is 3. The zero-order valence-electron chi connectivity index (χ0n) is 15.3. The number of rotatable bonds is 12. The summed E-state index contributed by atoms with van der Waals surface area (Å²) in [5.74, 6) is 0. The summed E-state index contributed by atoms with van der Waals surface area (Å²) in [5, 5.41) is 12.7. The number of unbranched alkanes of at least 4 members (excludes halogenated alkanes) is 4. The largest absolute Gasteiger partial charge is 0.308 e. The first-order chi connectivity index (χ1) is 11.9. The summed E-state index contributed by atoms with van der Waals surface area (Å²) >= 11 is 0. The Balaban J connectivity index is 1.97. The van der Waals surface area contributed by atoms with Gasteiger partial charge in [-0.25, -0.2) is 0 Å². The second kappa shape index (κ2) is 11.2. The van der Waals surface area contributed by atoms with Crippen LogP contribution in [0.1, 0.15) is 50.2 Å². The molecule has 0 heterocycles. The van der Waals surface area contributed by atoms with E-state index in [0.717, 1.165) is 19.9 Å². The molecule has 0 aliphatic rings. The first-order valence-electron chi connectivity index (χ1n) is 9.42. The van der Waals surface area contributed by atoms with Gasteiger partial charge in [0.25, 0.3) is 0 Å². The maximum atomic E-state index is 3.46. The highest BCUT2D eigenvalue weighted by Gasteiger charge is 2.05. The lowest BCUT2D eigenvalue weighted by Crippen LogP contribution is -2.34. The average molecular weight is 328 g/mol. The second-order valence-corrected chi connectivity index (χ2v) is 6.48. The number of fused-ring (bicyclic) bond motifs is 1. The van der Waals surface area contributed by atoms with Crippen LogP contribution in [0.4, 0.5) is 0 Å². The molecule has 24 heavy (non-hydrogen) atoms. The fourth-order valence-corrected chi connectivity index (χ4v) is 3.19. The van der Waals surface area contributed by atoms with Crippen molar-refractivity contribution < 1.29 is 0 Å². The molecule has 0 spiro atoms. The van der Waals surface area contributed by atoms with Crippen LogP contribution in [0.15, 0.2) is 36.4 Å². The van der Waals surface area contributed by atoms with Crippen molar-refractivity contribution in [1.29, 1.82) is 0 Å². The quantitative estimate of drug-likeness (QED) is 0.404. The molecule has 2 rings (SSSR count). The Morgan fingerprint density at radius 1 is 0.750 bits per heavy atom. The van der Waals surface area contributed by atoms with E-state index in [1.54, 1.807) is 0 Å². The number of benzene rings is 2. The third-order valence-electron chi connectivity index (χ3n) is 4.52. The van der Waals surface area contributed by atoms with Gasteiger partial charge in [-0.1, -0.05) is 69.0 Å². The van der Waals surface area contributed by atoms with E-state index < -0.39 is 0 Å². The average Bonchev–Trinajstić information content (AvgIpc) is 2.62. The molecule has 0 saturated carbocycles. The van der Waals surface area contributed by atoms with Gasteiger partial charge in [0.05, 0.1) is 0 Å². The van der Waals surface area contributed by atoms with Crippen LogP contribution in [-0.2, 0) is 13.0 Å². The number of hydrogen-bond donors (Lipinski definition) is 3. The van der Waals surface area contributed by atoms with Crippen LogP contribution >= 0.6 is 0 Å². The minimum absolute atomic E-state index is 0.814. The third kappa shape index (κ3) is 5.90. The minimum Gasteiger partial charge on any atom is -0.308 e. The van der Waals surface area contributed by atoms with Gasteiger partial charge >= 0.3 is 0 Å². The molecular weight excluding hydrogens is 294 g/mol. The summed E-state index contributed by atoms with van der Waals surface area (Å²) in [5.41, 5.74) is 2.88. The van der Waals surface area contributed by atoms with Gasteiger partial charge in [0.1, 0.15) is 0 Å². The van der Waals surface area contributed by atoms with E-state index in [4.69, 9.17) is 0 Å². The van der Waals surface area contributed by atoms with E-state index in [0.29, 0.717) is 0 Å². The monoisotopic (exact) mass is 327 g/mol. The van der Waals surface area contributed by atoms with Gasteiger partial charge in [-0.3, -0.25) is 5.32 Å². The predicted molar refractivity (Wildman–Crippen MR) is 105 cm³/mol. The second-order valence-electron chi connectivity index (χ2n) is 6.48. The molecule has 2 aromatic carbocycles. The highest BCUT2D eigenvalue weighted by molar-refractivity contribution is 5.88. The summed E-state index contributed by atoms with van der Waals surface area (Å²) in [4.78, 5) is 0. The SMILES string of the molecule is CCCCCCCc1ccc(CNCNCNC)c2ccccc12. The molecule has 3 N–H and O–H groups in total. The van der Waals surface area contributed by atoms with Gasteiger partial charge in [0.2, 0.25) is 0 Å². The van der Waals surface area contributed by atoms with E-state index in [1.165, 1.54) is 60.4 Å². The molecular formula is C21H33N3. The summed E-state index contributed by atoms with van der Waals surface area (Å²) in [6.45, 7) is 4.81. The third-order valence-corrected chi connectivity index (χ3v) is 4.52. The summed E-state index contributed by atoms with van der Waals surface area (Å²) in [7, 11) is 1.95. The number of hydrogen-bond acceptors (Lipinski definition) is 3. The van der Waals surface area contributed by atoms with Crippen LogP contribution in [0.2, 0.25) is 0 Å². The first kappa shape index (κ1) is 18.9. The van der Waals surface area contributed by atoms with Crippen molar-refractivity contribution in [3.63, 3.8) is 0 Å². The maximum Gasteiger partial charge on any atom is 0.0467 e. The molecule has 0 unspecified atom stereocenters. The Kier molecular flexibility index (Phi) is 8.82. The predicted octanol–water partition coefficient (Wildman–Crippen LogP) is 4.17. The maximum absolute atomic E-state index is 3.46. The molecule has 2 aromatic rings. The summed E-state index contributed by atoms with van der Waals surface area (Å²) in [6, 6.07) is 13.5.